The summed E-state index contributed by atoms with van der Waals surface area (Å²) in [6.07, 6.45) is 1.53. The SMILES string of the molecule is COc1cc2c(cc1OC)[C@@H](CNC(=O)CC(C)C)[NH+](Cc1ccc(C)cc1)CC2. The first-order valence-electron chi connectivity index (χ1n) is 10.8. The molecule has 2 N–H and O–H groups in total. The van der Waals surface area contributed by atoms with Crippen LogP contribution in [0.3, 0.4) is 0 Å². The molecular formula is C25H35N2O3+. The molecule has 0 radical (unpaired) electrons. The number of carbonyl (C=O) groups is 1. The maximum absolute atomic E-state index is 12.4. The van der Waals surface area contributed by atoms with Gasteiger partial charge in [-0.15, -0.1) is 0 Å². The minimum Gasteiger partial charge on any atom is -0.493 e. The number of amides is 1. The van der Waals surface area contributed by atoms with Crippen molar-refractivity contribution >= 4 is 5.91 Å². The zero-order valence-corrected chi connectivity index (χ0v) is 18.9. The molecule has 5 heteroatoms. The fourth-order valence-electron chi connectivity index (χ4n) is 4.26. The molecule has 2 aromatic rings. The number of rotatable bonds is 8. The zero-order valence-electron chi connectivity index (χ0n) is 18.9. The van der Waals surface area contributed by atoms with Gasteiger partial charge in [0.1, 0.15) is 12.6 Å². The van der Waals surface area contributed by atoms with E-state index >= 15 is 0 Å². The molecule has 30 heavy (non-hydrogen) atoms. The van der Waals surface area contributed by atoms with Crippen LogP contribution in [-0.2, 0) is 17.8 Å². The van der Waals surface area contributed by atoms with Gasteiger partial charge in [-0.2, -0.15) is 0 Å². The number of fused-ring (bicyclic) bond motifs is 1. The smallest absolute Gasteiger partial charge is 0.220 e. The second-order valence-electron chi connectivity index (χ2n) is 8.68. The number of hydrogen-bond donors (Lipinski definition) is 2. The second-order valence-corrected chi connectivity index (χ2v) is 8.68. The first-order valence-corrected chi connectivity index (χ1v) is 10.8. The molecule has 1 heterocycles. The molecule has 3 rings (SSSR count). The maximum Gasteiger partial charge on any atom is 0.220 e. The van der Waals surface area contributed by atoms with E-state index in [1.165, 1.54) is 27.2 Å². The van der Waals surface area contributed by atoms with E-state index in [0.717, 1.165) is 31.0 Å². The molecule has 5 nitrogen and oxygen atoms in total. The van der Waals surface area contributed by atoms with Crippen LogP contribution in [0.5, 0.6) is 11.5 Å². The summed E-state index contributed by atoms with van der Waals surface area (Å²) in [6.45, 7) is 8.82. The Hall–Kier alpha value is -2.53. The molecule has 2 atom stereocenters. The summed E-state index contributed by atoms with van der Waals surface area (Å²) in [5, 5.41) is 3.18. The summed E-state index contributed by atoms with van der Waals surface area (Å²) in [4.78, 5) is 13.8. The summed E-state index contributed by atoms with van der Waals surface area (Å²) in [7, 11) is 3.34. The van der Waals surface area contributed by atoms with Crippen molar-refractivity contribution in [2.24, 2.45) is 5.92 Å². The lowest BCUT2D eigenvalue weighted by molar-refractivity contribution is -0.945. The van der Waals surface area contributed by atoms with Gasteiger partial charge in [-0.05, 0) is 30.5 Å². The predicted molar refractivity (Wildman–Crippen MR) is 119 cm³/mol. The highest BCUT2D eigenvalue weighted by atomic mass is 16.5. The highest BCUT2D eigenvalue weighted by Gasteiger charge is 2.33. The van der Waals surface area contributed by atoms with Gasteiger partial charge in [0.15, 0.2) is 11.5 Å². The third-order valence-electron chi connectivity index (χ3n) is 5.88. The molecule has 0 fully saturated rings. The summed E-state index contributed by atoms with van der Waals surface area (Å²) >= 11 is 0. The number of benzene rings is 2. The monoisotopic (exact) mass is 411 g/mol. The van der Waals surface area contributed by atoms with Crippen LogP contribution in [0.1, 0.15) is 48.6 Å². The van der Waals surface area contributed by atoms with Gasteiger partial charge < -0.3 is 19.7 Å². The second kappa shape index (κ2) is 9.98. The Morgan fingerprint density at radius 2 is 1.80 bits per heavy atom. The van der Waals surface area contributed by atoms with Crippen LogP contribution in [0.15, 0.2) is 36.4 Å². The molecule has 1 aliphatic heterocycles. The van der Waals surface area contributed by atoms with Gasteiger partial charge in [-0.25, -0.2) is 0 Å². The van der Waals surface area contributed by atoms with Crippen LogP contribution in [0, 0.1) is 12.8 Å². The van der Waals surface area contributed by atoms with Crippen molar-refractivity contribution in [1.82, 2.24) is 5.32 Å². The Kier molecular flexibility index (Phi) is 7.38. The third-order valence-corrected chi connectivity index (χ3v) is 5.88. The molecule has 0 aliphatic carbocycles. The molecule has 1 aliphatic rings. The summed E-state index contributed by atoms with van der Waals surface area (Å²) in [5.41, 5.74) is 5.11. The van der Waals surface area contributed by atoms with Gasteiger partial charge in [-0.1, -0.05) is 43.7 Å². The van der Waals surface area contributed by atoms with Crippen molar-refractivity contribution in [1.29, 1.82) is 0 Å². The highest BCUT2D eigenvalue weighted by molar-refractivity contribution is 5.76. The Balaban J connectivity index is 1.88. The molecular weight excluding hydrogens is 376 g/mol. The maximum atomic E-state index is 12.4. The standard InChI is InChI=1S/C25H34N2O3/c1-17(2)12-25(28)26-15-22-21-14-24(30-5)23(29-4)13-20(21)10-11-27(22)16-19-8-6-18(3)7-9-19/h6-9,13-14,17,22H,10-12,15-16H2,1-5H3,(H,26,28)/p+1/t22-/m1/s1. The van der Waals surface area contributed by atoms with E-state index in [9.17, 15) is 4.79 Å². The van der Waals surface area contributed by atoms with Gasteiger partial charge >= 0.3 is 0 Å². The van der Waals surface area contributed by atoms with Crippen LogP contribution in [-0.4, -0.2) is 33.2 Å². The van der Waals surface area contributed by atoms with E-state index < -0.39 is 0 Å². The van der Waals surface area contributed by atoms with Crippen LogP contribution in [0.4, 0.5) is 0 Å². The van der Waals surface area contributed by atoms with Gasteiger partial charge in [0.25, 0.3) is 0 Å². The first kappa shape index (κ1) is 22.2. The number of ether oxygens (including phenoxy) is 2. The van der Waals surface area contributed by atoms with E-state index in [0.29, 0.717) is 18.9 Å². The van der Waals surface area contributed by atoms with E-state index in [2.05, 4.69) is 62.5 Å². The quantitative estimate of drug-likeness (QED) is 0.702. The number of nitrogens with one attached hydrogen (secondary N) is 2. The van der Waals surface area contributed by atoms with Crippen molar-refractivity contribution in [3.63, 3.8) is 0 Å². The van der Waals surface area contributed by atoms with Gasteiger partial charge in [-0.3, -0.25) is 4.79 Å². The molecule has 2 aromatic carbocycles. The Morgan fingerprint density at radius 1 is 1.13 bits per heavy atom. The lowest BCUT2D eigenvalue weighted by Gasteiger charge is -2.35. The fraction of sp³-hybridized carbons (Fsp3) is 0.480. The third kappa shape index (κ3) is 5.33. The predicted octanol–water partition coefficient (Wildman–Crippen LogP) is 2.86. The van der Waals surface area contributed by atoms with E-state index in [4.69, 9.17) is 9.47 Å². The van der Waals surface area contributed by atoms with Crippen LogP contribution in [0.25, 0.3) is 0 Å². The molecule has 0 bridgehead atoms. The Morgan fingerprint density at radius 3 is 2.43 bits per heavy atom. The number of quaternary nitrogens is 1. The Labute approximate surface area is 180 Å². The zero-order chi connectivity index (χ0) is 21.7. The summed E-state index contributed by atoms with van der Waals surface area (Å²) in [5.74, 6) is 1.98. The summed E-state index contributed by atoms with van der Waals surface area (Å²) < 4.78 is 11.1. The van der Waals surface area contributed by atoms with E-state index in [1.807, 2.05) is 0 Å². The number of aryl methyl sites for hydroxylation is 1. The van der Waals surface area contributed by atoms with Crippen LogP contribution >= 0.6 is 0 Å². The van der Waals surface area contributed by atoms with Crippen molar-refractivity contribution < 1.29 is 19.2 Å². The first-order chi connectivity index (χ1) is 14.4. The van der Waals surface area contributed by atoms with Gasteiger partial charge in [0, 0.05) is 24.0 Å². The van der Waals surface area contributed by atoms with Crippen LogP contribution < -0.4 is 19.7 Å². The molecule has 1 unspecified atom stereocenters. The van der Waals surface area contributed by atoms with Crippen LogP contribution in [0.2, 0.25) is 0 Å². The van der Waals surface area contributed by atoms with E-state index in [1.54, 1.807) is 14.2 Å². The molecule has 0 saturated carbocycles. The topological polar surface area (TPSA) is 52.0 Å². The largest absolute Gasteiger partial charge is 0.493 e. The lowest BCUT2D eigenvalue weighted by atomic mass is 9.91. The molecule has 1 amide bonds. The molecule has 0 saturated heterocycles. The average molecular weight is 412 g/mol. The van der Waals surface area contributed by atoms with Crippen molar-refractivity contribution in [3.05, 3.63) is 58.7 Å². The molecule has 0 aromatic heterocycles. The van der Waals surface area contributed by atoms with E-state index in [-0.39, 0.29) is 11.9 Å². The minimum atomic E-state index is 0.118. The molecule has 162 valence electrons. The number of hydrogen-bond acceptors (Lipinski definition) is 3. The minimum absolute atomic E-state index is 0.118. The normalized spacial score (nSPS) is 18.1. The highest BCUT2D eigenvalue weighted by Crippen LogP contribution is 2.34. The fourth-order valence-corrected chi connectivity index (χ4v) is 4.26. The summed E-state index contributed by atoms with van der Waals surface area (Å²) in [6, 6.07) is 13.1. The molecule has 0 spiro atoms. The average Bonchev–Trinajstić information content (AvgIpc) is 2.72. The van der Waals surface area contributed by atoms with Gasteiger partial charge in [0.05, 0.1) is 27.3 Å². The Bertz CT molecular complexity index is 861. The lowest BCUT2D eigenvalue weighted by Crippen LogP contribution is -3.12. The van der Waals surface area contributed by atoms with Gasteiger partial charge in [0.2, 0.25) is 5.91 Å². The van der Waals surface area contributed by atoms with Crippen molar-refractivity contribution in [2.75, 3.05) is 27.3 Å². The number of methoxy groups -OCH3 is 2. The van der Waals surface area contributed by atoms with Crippen molar-refractivity contribution in [2.45, 2.75) is 46.2 Å². The number of carbonyl (C=O) groups excluding carboxylic acids is 1. The van der Waals surface area contributed by atoms with Crippen molar-refractivity contribution in [3.8, 4) is 11.5 Å².